The molecule has 3 rings (SSSR count). The third kappa shape index (κ3) is 3.92. The number of benzene rings is 1. The van der Waals surface area contributed by atoms with Gasteiger partial charge in [-0.2, -0.15) is 0 Å². The predicted molar refractivity (Wildman–Crippen MR) is 87.0 cm³/mol. The van der Waals surface area contributed by atoms with Crippen molar-refractivity contribution >= 4 is 21.7 Å². The Morgan fingerprint density at radius 1 is 1.14 bits per heavy atom. The zero-order valence-electron chi connectivity index (χ0n) is 11.4. The van der Waals surface area contributed by atoms with Gasteiger partial charge in [0.15, 0.2) is 0 Å². The first-order valence-corrected chi connectivity index (χ1v) is 7.48. The van der Waals surface area contributed by atoms with Crippen molar-refractivity contribution in [3.8, 4) is 0 Å². The van der Waals surface area contributed by atoms with Gasteiger partial charge in [-0.25, -0.2) is 9.97 Å². The Kier molecular flexibility index (Phi) is 4.31. The molecule has 0 saturated carbocycles. The largest absolute Gasteiger partial charge is 0.366 e. The number of nitrogens with one attached hydrogen (secondary N) is 1. The van der Waals surface area contributed by atoms with E-state index in [-0.39, 0.29) is 0 Å². The van der Waals surface area contributed by atoms with E-state index in [4.69, 9.17) is 0 Å². The SMILES string of the molecule is Brc1ccc(NCc2cccc(Cn3ccnc3)c2)nc1. The zero-order valence-corrected chi connectivity index (χ0v) is 13.0. The lowest BCUT2D eigenvalue weighted by Crippen LogP contribution is -2.02. The number of imidazole rings is 1. The highest BCUT2D eigenvalue weighted by Gasteiger charge is 1.99. The molecule has 0 fully saturated rings. The maximum atomic E-state index is 4.31. The fraction of sp³-hybridized carbons (Fsp3) is 0.125. The molecule has 1 N–H and O–H groups in total. The number of nitrogens with zero attached hydrogens (tertiary/aromatic N) is 3. The van der Waals surface area contributed by atoms with Gasteiger partial charge < -0.3 is 9.88 Å². The molecule has 0 unspecified atom stereocenters. The molecule has 2 aromatic heterocycles. The number of anilines is 1. The second-order valence-corrected chi connectivity index (χ2v) is 5.69. The molecular formula is C16H15BrN4. The molecule has 0 bridgehead atoms. The molecule has 4 nitrogen and oxygen atoms in total. The smallest absolute Gasteiger partial charge is 0.126 e. The lowest BCUT2D eigenvalue weighted by atomic mass is 10.1. The van der Waals surface area contributed by atoms with Crippen LogP contribution in [0.3, 0.4) is 0 Å². The summed E-state index contributed by atoms with van der Waals surface area (Å²) in [5, 5.41) is 3.32. The van der Waals surface area contributed by atoms with E-state index in [0.717, 1.165) is 23.4 Å². The summed E-state index contributed by atoms with van der Waals surface area (Å²) in [7, 11) is 0. The minimum Gasteiger partial charge on any atom is -0.366 e. The number of halogens is 1. The Morgan fingerprint density at radius 3 is 2.81 bits per heavy atom. The monoisotopic (exact) mass is 342 g/mol. The number of pyridine rings is 1. The predicted octanol–water partition coefficient (Wildman–Crippen LogP) is 3.70. The van der Waals surface area contributed by atoms with Crippen LogP contribution in [0.1, 0.15) is 11.1 Å². The molecule has 0 aliphatic rings. The highest BCUT2D eigenvalue weighted by molar-refractivity contribution is 9.10. The van der Waals surface area contributed by atoms with E-state index in [2.05, 4.69) is 60.0 Å². The number of hydrogen-bond acceptors (Lipinski definition) is 3. The van der Waals surface area contributed by atoms with E-state index in [9.17, 15) is 0 Å². The van der Waals surface area contributed by atoms with Crippen LogP contribution in [0.2, 0.25) is 0 Å². The third-order valence-electron chi connectivity index (χ3n) is 3.12. The fourth-order valence-corrected chi connectivity index (χ4v) is 2.34. The molecule has 0 amide bonds. The van der Waals surface area contributed by atoms with Gasteiger partial charge in [0.1, 0.15) is 5.82 Å². The molecule has 0 atom stereocenters. The first-order valence-electron chi connectivity index (χ1n) is 6.68. The Labute approximate surface area is 132 Å². The quantitative estimate of drug-likeness (QED) is 0.768. The van der Waals surface area contributed by atoms with Gasteiger partial charge in [0.05, 0.1) is 6.33 Å². The van der Waals surface area contributed by atoms with E-state index in [1.54, 1.807) is 12.4 Å². The van der Waals surface area contributed by atoms with Gasteiger partial charge in [-0.3, -0.25) is 0 Å². The lowest BCUT2D eigenvalue weighted by molar-refractivity contribution is 0.796. The molecule has 2 heterocycles. The van der Waals surface area contributed by atoms with Crippen molar-refractivity contribution in [3.63, 3.8) is 0 Å². The molecule has 0 spiro atoms. The average molecular weight is 343 g/mol. The summed E-state index contributed by atoms with van der Waals surface area (Å²) in [5.41, 5.74) is 2.49. The molecule has 106 valence electrons. The third-order valence-corrected chi connectivity index (χ3v) is 3.59. The standard InChI is InChI=1S/C16H15BrN4/c17-15-4-5-16(20-10-15)19-9-13-2-1-3-14(8-13)11-21-7-6-18-12-21/h1-8,10,12H,9,11H2,(H,19,20). The van der Waals surface area contributed by atoms with Gasteiger partial charge in [-0.15, -0.1) is 0 Å². The molecular weight excluding hydrogens is 328 g/mol. The maximum absolute atomic E-state index is 4.31. The highest BCUT2D eigenvalue weighted by atomic mass is 79.9. The van der Waals surface area contributed by atoms with Crippen molar-refractivity contribution in [2.75, 3.05) is 5.32 Å². The van der Waals surface area contributed by atoms with Crippen molar-refractivity contribution in [2.45, 2.75) is 13.1 Å². The second kappa shape index (κ2) is 6.54. The van der Waals surface area contributed by atoms with Crippen LogP contribution in [0, 0.1) is 0 Å². The van der Waals surface area contributed by atoms with Crippen molar-refractivity contribution in [1.29, 1.82) is 0 Å². The Balaban J connectivity index is 1.64. The van der Waals surface area contributed by atoms with Crippen molar-refractivity contribution in [3.05, 3.63) is 76.9 Å². The van der Waals surface area contributed by atoms with Crippen molar-refractivity contribution in [1.82, 2.24) is 14.5 Å². The van der Waals surface area contributed by atoms with Crippen LogP contribution in [-0.4, -0.2) is 14.5 Å². The van der Waals surface area contributed by atoms with Crippen LogP contribution in [0.25, 0.3) is 0 Å². The average Bonchev–Trinajstić information content (AvgIpc) is 3.00. The number of rotatable bonds is 5. The number of hydrogen-bond donors (Lipinski definition) is 1. The molecule has 0 aliphatic heterocycles. The van der Waals surface area contributed by atoms with Gasteiger partial charge in [-0.05, 0) is 39.2 Å². The van der Waals surface area contributed by atoms with Gasteiger partial charge in [0.25, 0.3) is 0 Å². The van der Waals surface area contributed by atoms with Crippen LogP contribution >= 0.6 is 15.9 Å². The minimum atomic E-state index is 0.756. The van der Waals surface area contributed by atoms with Crippen LogP contribution in [-0.2, 0) is 13.1 Å². The summed E-state index contributed by atoms with van der Waals surface area (Å²) in [6, 6.07) is 12.5. The Hall–Kier alpha value is -2.14. The van der Waals surface area contributed by atoms with Crippen LogP contribution in [0.4, 0.5) is 5.82 Å². The number of aromatic nitrogens is 3. The van der Waals surface area contributed by atoms with E-state index in [1.165, 1.54) is 11.1 Å². The molecule has 0 aliphatic carbocycles. The van der Waals surface area contributed by atoms with Gasteiger partial charge in [-0.1, -0.05) is 24.3 Å². The minimum absolute atomic E-state index is 0.756. The topological polar surface area (TPSA) is 42.7 Å². The molecule has 5 heteroatoms. The van der Waals surface area contributed by atoms with Crippen molar-refractivity contribution < 1.29 is 0 Å². The molecule has 3 aromatic rings. The summed E-state index contributed by atoms with van der Waals surface area (Å²) in [6.45, 7) is 1.59. The highest BCUT2D eigenvalue weighted by Crippen LogP contribution is 2.13. The zero-order chi connectivity index (χ0) is 14.5. The van der Waals surface area contributed by atoms with Gasteiger partial charge >= 0.3 is 0 Å². The summed E-state index contributed by atoms with van der Waals surface area (Å²) >= 11 is 3.38. The summed E-state index contributed by atoms with van der Waals surface area (Å²) in [4.78, 5) is 8.37. The Morgan fingerprint density at radius 2 is 2.05 bits per heavy atom. The van der Waals surface area contributed by atoms with Crippen LogP contribution < -0.4 is 5.32 Å². The van der Waals surface area contributed by atoms with E-state index < -0.39 is 0 Å². The van der Waals surface area contributed by atoms with E-state index >= 15 is 0 Å². The summed E-state index contributed by atoms with van der Waals surface area (Å²) in [6.07, 6.45) is 7.38. The second-order valence-electron chi connectivity index (χ2n) is 4.77. The fourth-order valence-electron chi connectivity index (χ4n) is 2.10. The lowest BCUT2D eigenvalue weighted by Gasteiger charge is -2.08. The van der Waals surface area contributed by atoms with Gasteiger partial charge in [0.2, 0.25) is 0 Å². The summed E-state index contributed by atoms with van der Waals surface area (Å²) in [5.74, 6) is 0.873. The van der Waals surface area contributed by atoms with E-state index in [0.29, 0.717) is 0 Å². The van der Waals surface area contributed by atoms with Gasteiger partial charge in [0, 0.05) is 36.2 Å². The van der Waals surface area contributed by atoms with E-state index in [1.807, 2.05) is 24.7 Å². The first-order chi connectivity index (χ1) is 10.3. The molecule has 0 radical (unpaired) electrons. The summed E-state index contributed by atoms with van der Waals surface area (Å²) < 4.78 is 3.04. The maximum Gasteiger partial charge on any atom is 0.126 e. The van der Waals surface area contributed by atoms with Crippen LogP contribution in [0.15, 0.2) is 65.8 Å². The van der Waals surface area contributed by atoms with Crippen molar-refractivity contribution in [2.24, 2.45) is 0 Å². The first kappa shape index (κ1) is 13.8. The normalized spacial score (nSPS) is 10.5. The molecule has 1 aromatic carbocycles. The molecule has 21 heavy (non-hydrogen) atoms. The van der Waals surface area contributed by atoms with Crippen LogP contribution in [0.5, 0.6) is 0 Å². The molecule has 0 saturated heterocycles. The Bertz CT molecular complexity index is 693.